The molecule has 1 amide bonds. The molecule has 1 aliphatic heterocycles. The third-order valence-corrected chi connectivity index (χ3v) is 5.46. The van der Waals surface area contributed by atoms with Crippen molar-refractivity contribution in [2.45, 2.75) is 32.6 Å². The van der Waals surface area contributed by atoms with Gasteiger partial charge in [-0.1, -0.05) is 29.3 Å². The number of hydrogen-bond donors (Lipinski definition) is 1. The summed E-state index contributed by atoms with van der Waals surface area (Å²) >= 11 is 7.76. The van der Waals surface area contributed by atoms with E-state index in [9.17, 15) is 9.59 Å². The van der Waals surface area contributed by atoms with Crippen LogP contribution in [-0.2, 0) is 27.5 Å². The Hall–Kier alpha value is -2.22. The molecule has 0 aromatic heterocycles. The van der Waals surface area contributed by atoms with Gasteiger partial charge in [0.15, 0.2) is 6.79 Å². The summed E-state index contributed by atoms with van der Waals surface area (Å²) in [5.41, 5.74) is 2.96. The maximum atomic E-state index is 12.8. The number of benzene rings is 2. The Kier molecular flexibility index (Phi) is 8.01. The quantitative estimate of drug-likeness (QED) is 0.611. The predicted octanol–water partition coefficient (Wildman–Crippen LogP) is 4.11. The molecular formula is C22H24ClNO5S. The van der Waals surface area contributed by atoms with Crippen molar-refractivity contribution in [1.82, 2.24) is 5.32 Å². The number of esters is 1. The molecule has 0 spiro atoms. The summed E-state index contributed by atoms with van der Waals surface area (Å²) in [4.78, 5) is 25.4. The number of amides is 1. The molecule has 8 heteroatoms. The smallest absolute Gasteiger partial charge is 0.329 e. The highest BCUT2D eigenvalue weighted by Gasteiger charge is 2.24. The maximum absolute atomic E-state index is 12.8. The number of halogens is 1. The molecule has 3 rings (SSSR count). The average Bonchev–Trinajstić information content (AvgIpc) is 2.74. The first kappa shape index (κ1) is 22.5. The minimum absolute atomic E-state index is 0.00217. The van der Waals surface area contributed by atoms with Gasteiger partial charge in [-0.25, -0.2) is 4.79 Å². The van der Waals surface area contributed by atoms with Crippen molar-refractivity contribution in [2.24, 2.45) is 0 Å². The predicted molar refractivity (Wildman–Crippen MR) is 117 cm³/mol. The van der Waals surface area contributed by atoms with Crippen LogP contribution in [0.25, 0.3) is 0 Å². The van der Waals surface area contributed by atoms with Gasteiger partial charge < -0.3 is 19.5 Å². The summed E-state index contributed by atoms with van der Waals surface area (Å²) in [6.07, 6.45) is 2.41. The Balaban J connectivity index is 1.68. The number of aryl methyl sites for hydroxylation is 1. The fraction of sp³-hybridized carbons (Fsp3) is 0.364. The van der Waals surface area contributed by atoms with Crippen molar-refractivity contribution >= 4 is 35.2 Å². The Bertz CT molecular complexity index is 920. The molecule has 0 bridgehead atoms. The lowest BCUT2D eigenvalue weighted by Crippen LogP contribution is -2.42. The standard InChI is InChI=1S/C22H24ClNO5S/c1-14-4-3-5-15(8-14)21(25)24-19(6-7-30-2)22(26)28-12-17-10-18(23)9-16-11-27-13-29-20(16)17/h3-5,8-10,19H,6-7,11-13H2,1-2H3,(H,24,25)/t19-/m1/s1. The highest BCUT2D eigenvalue weighted by molar-refractivity contribution is 7.98. The highest BCUT2D eigenvalue weighted by Crippen LogP contribution is 2.32. The number of hydrogen-bond acceptors (Lipinski definition) is 6. The number of ether oxygens (including phenoxy) is 3. The minimum Gasteiger partial charge on any atom is -0.467 e. The molecule has 0 saturated heterocycles. The van der Waals surface area contributed by atoms with Crippen molar-refractivity contribution in [3.63, 3.8) is 0 Å². The number of rotatable bonds is 8. The van der Waals surface area contributed by atoms with Gasteiger partial charge in [0.2, 0.25) is 0 Å². The molecular weight excluding hydrogens is 426 g/mol. The number of fused-ring (bicyclic) bond motifs is 1. The van der Waals surface area contributed by atoms with Crippen molar-refractivity contribution in [1.29, 1.82) is 0 Å². The normalized spacial score (nSPS) is 13.7. The van der Waals surface area contributed by atoms with E-state index < -0.39 is 12.0 Å². The van der Waals surface area contributed by atoms with E-state index in [4.69, 9.17) is 25.8 Å². The second-order valence-electron chi connectivity index (χ2n) is 6.95. The highest BCUT2D eigenvalue weighted by atomic mass is 35.5. The minimum atomic E-state index is -0.746. The maximum Gasteiger partial charge on any atom is 0.329 e. The lowest BCUT2D eigenvalue weighted by Gasteiger charge is -2.22. The van der Waals surface area contributed by atoms with Crippen molar-refractivity contribution in [3.8, 4) is 5.75 Å². The fourth-order valence-corrected chi connectivity index (χ4v) is 3.86. The van der Waals surface area contributed by atoms with Crippen molar-refractivity contribution in [3.05, 3.63) is 63.7 Å². The summed E-state index contributed by atoms with van der Waals surface area (Å²) in [6.45, 7) is 2.44. The van der Waals surface area contributed by atoms with Gasteiger partial charge in [-0.2, -0.15) is 11.8 Å². The van der Waals surface area contributed by atoms with Crippen LogP contribution in [0.2, 0.25) is 5.02 Å². The van der Waals surface area contributed by atoms with Gasteiger partial charge in [0, 0.05) is 21.7 Å². The van der Waals surface area contributed by atoms with Crippen LogP contribution in [-0.4, -0.2) is 36.7 Å². The molecule has 2 aromatic carbocycles. The number of nitrogens with one attached hydrogen (secondary N) is 1. The van der Waals surface area contributed by atoms with Crippen molar-refractivity contribution in [2.75, 3.05) is 18.8 Å². The third kappa shape index (κ3) is 5.90. The molecule has 2 aromatic rings. The first-order valence-corrected chi connectivity index (χ1v) is 11.3. The van der Waals surface area contributed by atoms with Crippen LogP contribution in [0.4, 0.5) is 0 Å². The summed E-state index contributed by atoms with van der Waals surface area (Å²) in [6, 6.07) is 9.96. The van der Waals surface area contributed by atoms with Crippen LogP contribution in [0.5, 0.6) is 5.75 Å². The summed E-state index contributed by atoms with van der Waals surface area (Å²) in [5.74, 6) is 0.539. The first-order chi connectivity index (χ1) is 14.5. The van der Waals surface area contributed by atoms with Crippen molar-refractivity contribution < 1.29 is 23.8 Å². The monoisotopic (exact) mass is 449 g/mol. The van der Waals surface area contributed by atoms with Crippen LogP contribution in [0.3, 0.4) is 0 Å². The Morgan fingerprint density at radius 2 is 2.13 bits per heavy atom. The van der Waals surface area contributed by atoms with E-state index in [-0.39, 0.29) is 19.3 Å². The molecule has 0 saturated carbocycles. The summed E-state index contributed by atoms with van der Waals surface area (Å²) in [7, 11) is 0. The Morgan fingerprint density at radius 1 is 1.30 bits per heavy atom. The third-order valence-electron chi connectivity index (χ3n) is 4.60. The number of carbonyl (C=O) groups excluding carboxylic acids is 2. The fourth-order valence-electron chi connectivity index (χ4n) is 3.13. The zero-order valence-electron chi connectivity index (χ0n) is 16.9. The molecule has 0 fully saturated rings. The van der Waals surface area contributed by atoms with E-state index >= 15 is 0 Å². The second-order valence-corrected chi connectivity index (χ2v) is 8.37. The molecule has 1 N–H and O–H groups in total. The molecule has 0 radical (unpaired) electrons. The van der Waals surface area contributed by atoms with Gasteiger partial charge in [0.05, 0.1) is 6.61 Å². The van der Waals surface area contributed by atoms with Gasteiger partial charge in [0.25, 0.3) is 5.91 Å². The Morgan fingerprint density at radius 3 is 2.90 bits per heavy atom. The van der Waals surface area contributed by atoms with Crippen LogP contribution in [0, 0.1) is 6.92 Å². The summed E-state index contributed by atoms with van der Waals surface area (Å²) in [5, 5.41) is 3.32. The molecule has 30 heavy (non-hydrogen) atoms. The largest absolute Gasteiger partial charge is 0.467 e. The van der Waals surface area contributed by atoms with Gasteiger partial charge in [-0.15, -0.1) is 0 Å². The van der Waals surface area contributed by atoms with E-state index in [1.165, 1.54) is 0 Å². The molecule has 160 valence electrons. The molecule has 1 heterocycles. The molecule has 1 aliphatic rings. The van der Waals surface area contributed by atoms with Gasteiger partial charge in [-0.3, -0.25) is 4.79 Å². The van der Waals surface area contributed by atoms with Crippen LogP contribution in [0.15, 0.2) is 36.4 Å². The van der Waals surface area contributed by atoms with E-state index in [1.54, 1.807) is 36.0 Å². The second kappa shape index (κ2) is 10.7. The zero-order chi connectivity index (χ0) is 21.5. The Labute approximate surface area is 185 Å². The van der Waals surface area contributed by atoms with E-state index in [1.807, 2.05) is 25.3 Å². The molecule has 1 atom stereocenters. The van der Waals surface area contributed by atoms with E-state index in [0.29, 0.717) is 40.7 Å². The molecule has 0 aliphatic carbocycles. The SMILES string of the molecule is CSCC[C@@H](NC(=O)c1cccc(C)c1)C(=O)OCc1cc(Cl)cc2c1OCOC2. The van der Waals surface area contributed by atoms with Crippen LogP contribution < -0.4 is 10.1 Å². The lowest BCUT2D eigenvalue weighted by molar-refractivity contribution is -0.147. The van der Waals surface area contributed by atoms with Gasteiger partial charge in [-0.05, 0) is 49.6 Å². The van der Waals surface area contributed by atoms with Crippen LogP contribution in [0.1, 0.15) is 33.5 Å². The lowest BCUT2D eigenvalue weighted by atomic mass is 10.1. The topological polar surface area (TPSA) is 73.9 Å². The molecule has 6 nitrogen and oxygen atoms in total. The first-order valence-electron chi connectivity index (χ1n) is 9.53. The zero-order valence-corrected chi connectivity index (χ0v) is 18.5. The average molecular weight is 450 g/mol. The van der Waals surface area contributed by atoms with Gasteiger partial charge >= 0.3 is 5.97 Å². The van der Waals surface area contributed by atoms with E-state index in [0.717, 1.165) is 11.1 Å². The summed E-state index contributed by atoms with van der Waals surface area (Å²) < 4.78 is 16.4. The number of carbonyl (C=O) groups is 2. The number of thioether (sulfide) groups is 1. The van der Waals surface area contributed by atoms with E-state index in [2.05, 4.69) is 5.32 Å². The van der Waals surface area contributed by atoms with Gasteiger partial charge in [0.1, 0.15) is 18.4 Å². The molecule has 0 unspecified atom stereocenters. The van der Waals surface area contributed by atoms with Crippen LogP contribution >= 0.6 is 23.4 Å².